The molecule has 0 fully saturated rings. The van der Waals surface area contributed by atoms with Crippen molar-refractivity contribution in [2.24, 2.45) is 0 Å². The van der Waals surface area contributed by atoms with E-state index < -0.39 is 0 Å². The molecule has 0 N–H and O–H groups in total. The number of pyridine rings is 1. The minimum Gasteiger partial charge on any atom is -0.236 e. The first kappa shape index (κ1) is 12.2. The van der Waals surface area contributed by atoms with Crippen LogP contribution in [0.4, 0.5) is 0 Å². The zero-order valence-corrected chi connectivity index (χ0v) is 11.5. The second-order valence-electron chi connectivity index (χ2n) is 4.82. The molecule has 0 saturated carbocycles. The Bertz CT molecular complexity index is 717. The highest BCUT2D eigenvalue weighted by Gasteiger charge is 2.00. The number of halogens is 1. The zero-order chi connectivity index (χ0) is 13.2. The van der Waals surface area contributed by atoms with Crippen LogP contribution in [0.1, 0.15) is 16.7 Å². The summed E-state index contributed by atoms with van der Waals surface area (Å²) in [4.78, 5) is 4.30. The molecule has 2 aromatic carbocycles. The molecule has 19 heavy (non-hydrogen) atoms. The molecule has 0 aliphatic rings. The molecule has 0 atom stereocenters. The summed E-state index contributed by atoms with van der Waals surface area (Å²) in [5.74, 6) is 0. The molecular weight excluding hydrogens is 254 g/mol. The summed E-state index contributed by atoms with van der Waals surface area (Å²) in [7, 11) is 0. The van der Waals surface area contributed by atoms with Crippen molar-refractivity contribution >= 4 is 22.5 Å². The fraction of sp³-hybridized carbons (Fsp3) is 0.118. The van der Waals surface area contributed by atoms with Gasteiger partial charge in [-0.2, -0.15) is 0 Å². The van der Waals surface area contributed by atoms with Gasteiger partial charge in [-0.15, -0.1) is 0 Å². The predicted molar refractivity (Wildman–Crippen MR) is 80.7 cm³/mol. The molecule has 0 radical (unpaired) electrons. The van der Waals surface area contributed by atoms with Gasteiger partial charge in [0.2, 0.25) is 0 Å². The minimum absolute atomic E-state index is 0.541. The number of aromatic nitrogens is 1. The Morgan fingerprint density at radius 2 is 1.63 bits per heavy atom. The molecule has 2 heteroatoms. The molecule has 1 heterocycles. The van der Waals surface area contributed by atoms with Crippen molar-refractivity contribution < 1.29 is 0 Å². The molecule has 3 aromatic rings. The third-order valence-corrected chi connectivity index (χ3v) is 3.46. The largest absolute Gasteiger partial charge is 0.236 e. The SMILES string of the molecule is Cc1ccc(Cc2ccc3nc(Cl)ccc3c2)cc1. The van der Waals surface area contributed by atoms with Gasteiger partial charge >= 0.3 is 0 Å². The maximum absolute atomic E-state index is 5.89. The van der Waals surface area contributed by atoms with Gasteiger partial charge in [-0.05, 0) is 48.7 Å². The predicted octanol–water partition coefficient (Wildman–Crippen LogP) is 4.79. The van der Waals surface area contributed by atoms with E-state index in [-0.39, 0.29) is 0 Å². The summed E-state index contributed by atoms with van der Waals surface area (Å²) >= 11 is 5.89. The van der Waals surface area contributed by atoms with Crippen molar-refractivity contribution in [1.82, 2.24) is 4.98 Å². The van der Waals surface area contributed by atoms with Crippen molar-refractivity contribution in [2.45, 2.75) is 13.3 Å². The third kappa shape index (κ3) is 2.77. The van der Waals surface area contributed by atoms with E-state index in [9.17, 15) is 0 Å². The molecule has 0 unspecified atom stereocenters. The van der Waals surface area contributed by atoms with Gasteiger partial charge in [-0.3, -0.25) is 0 Å². The number of hydrogen-bond donors (Lipinski definition) is 0. The maximum Gasteiger partial charge on any atom is 0.129 e. The average molecular weight is 268 g/mol. The number of hydrogen-bond acceptors (Lipinski definition) is 1. The Balaban J connectivity index is 1.93. The molecule has 1 nitrogen and oxygen atoms in total. The lowest BCUT2D eigenvalue weighted by atomic mass is 10.0. The Morgan fingerprint density at radius 3 is 2.42 bits per heavy atom. The molecule has 1 aromatic heterocycles. The van der Waals surface area contributed by atoms with Crippen LogP contribution in [0.25, 0.3) is 10.9 Å². The second kappa shape index (κ2) is 5.02. The quantitative estimate of drug-likeness (QED) is 0.609. The van der Waals surface area contributed by atoms with E-state index in [1.165, 1.54) is 16.7 Å². The summed E-state index contributed by atoms with van der Waals surface area (Å²) in [5.41, 5.74) is 4.86. The van der Waals surface area contributed by atoms with Crippen LogP contribution in [0.3, 0.4) is 0 Å². The van der Waals surface area contributed by atoms with Crippen molar-refractivity contribution in [3.63, 3.8) is 0 Å². The maximum atomic E-state index is 5.89. The fourth-order valence-electron chi connectivity index (χ4n) is 2.20. The van der Waals surface area contributed by atoms with E-state index >= 15 is 0 Å². The second-order valence-corrected chi connectivity index (χ2v) is 5.21. The topological polar surface area (TPSA) is 12.9 Å². The highest BCUT2D eigenvalue weighted by Crippen LogP contribution is 2.19. The van der Waals surface area contributed by atoms with E-state index in [0.29, 0.717) is 5.15 Å². The van der Waals surface area contributed by atoms with Gasteiger partial charge in [0, 0.05) is 5.39 Å². The summed E-state index contributed by atoms with van der Waals surface area (Å²) in [6.45, 7) is 2.11. The van der Waals surface area contributed by atoms with Crippen LogP contribution >= 0.6 is 11.6 Å². The van der Waals surface area contributed by atoms with Gasteiger partial charge in [0.1, 0.15) is 5.15 Å². The van der Waals surface area contributed by atoms with Gasteiger partial charge in [0.25, 0.3) is 0 Å². The summed E-state index contributed by atoms with van der Waals surface area (Å²) in [6, 6.07) is 18.8. The molecule has 3 rings (SSSR count). The summed E-state index contributed by atoms with van der Waals surface area (Å²) < 4.78 is 0. The lowest BCUT2D eigenvalue weighted by molar-refractivity contribution is 1.19. The van der Waals surface area contributed by atoms with Crippen LogP contribution in [-0.2, 0) is 6.42 Å². The first-order chi connectivity index (χ1) is 9.20. The molecule has 0 bridgehead atoms. The van der Waals surface area contributed by atoms with Crippen molar-refractivity contribution in [3.8, 4) is 0 Å². The molecule has 0 amide bonds. The first-order valence-corrected chi connectivity index (χ1v) is 6.69. The van der Waals surface area contributed by atoms with Crippen molar-refractivity contribution in [2.75, 3.05) is 0 Å². The zero-order valence-electron chi connectivity index (χ0n) is 10.7. The number of rotatable bonds is 2. The number of aryl methyl sites for hydroxylation is 1. The fourth-order valence-corrected chi connectivity index (χ4v) is 2.36. The van der Waals surface area contributed by atoms with E-state index in [1.807, 2.05) is 18.2 Å². The number of nitrogens with zero attached hydrogens (tertiary/aromatic N) is 1. The van der Waals surface area contributed by atoms with Gasteiger partial charge in [0.15, 0.2) is 0 Å². The van der Waals surface area contributed by atoms with E-state index in [0.717, 1.165) is 17.3 Å². The van der Waals surface area contributed by atoms with Gasteiger partial charge in [-0.1, -0.05) is 47.5 Å². The molecule has 0 aliphatic carbocycles. The van der Waals surface area contributed by atoms with E-state index in [1.54, 1.807) is 0 Å². The average Bonchev–Trinajstić information content (AvgIpc) is 2.42. The lowest BCUT2D eigenvalue weighted by Gasteiger charge is -2.05. The van der Waals surface area contributed by atoms with E-state index in [2.05, 4.69) is 48.3 Å². The highest BCUT2D eigenvalue weighted by atomic mass is 35.5. The monoisotopic (exact) mass is 267 g/mol. The standard InChI is InChI=1S/C17H14ClN/c1-12-2-4-13(5-3-12)10-14-6-8-16-15(11-14)7-9-17(18)19-16/h2-9,11H,10H2,1H3. The first-order valence-electron chi connectivity index (χ1n) is 6.31. The smallest absolute Gasteiger partial charge is 0.129 e. The van der Waals surface area contributed by atoms with Crippen molar-refractivity contribution in [3.05, 3.63) is 76.4 Å². The van der Waals surface area contributed by atoms with Crippen LogP contribution in [0.2, 0.25) is 5.15 Å². The Hall–Kier alpha value is -1.86. The Labute approximate surface area is 117 Å². The van der Waals surface area contributed by atoms with E-state index in [4.69, 9.17) is 11.6 Å². The minimum atomic E-state index is 0.541. The van der Waals surface area contributed by atoms with Crippen LogP contribution < -0.4 is 0 Å². The van der Waals surface area contributed by atoms with Crippen LogP contribution in [0.15, 0.2) is 54.6 Å². The van der Waals surface area contributed by atoms with Crippen LogP contribution in [0, 0.1) is 6.92 Å². The summed E-state index contributed by atoms with van der Waals surface area (Å²) in [6.07, 6.45) is 0.943. The van der Waals surface area contributed by atoms with Gasteiger partial charge < -0.3 is 0 Å². The molecule has 0 spiro atoms. The highest BCUT2D eigenvalue weighted by molar-refractivity contribution is 6.29. The third-order valence-electron chi connectivity index (χ3n) is 3.25. The van der Waals surface area contributed by atoms with Crippen LogP contribution in [-0.4, -0.2) is 4.98 Å². The van der Waals surface area contributed by atoms with Gasteiger partial charge in [-0.25, -0.2) is 4.98 Å². The lowest BCUT2D eigenvalue weighted by Crippen LogP contribution is -1.89. The molecule has 0 saturated heterocycles. The summed E-state index contributed by atoms with van der Waals surface area (Å²) in [5, 5.41) is 1.67. The molecule has 94 valence electrons. The molecule has 0 aliphatic heterocycles. The van der Waals surface area contributed by atoms with Crippen LogP contribution in [0.5, 0.6) is 0 Å². The number of benzene rings is 2. The normalized spacial score (nSPS) is 10.8. The number of fused-ring (bicyclic) bond motifs is 1. The van der Waals surface area contributed by atoms with Gasteiger partial charge in [0.05, 0.1) is 5.52 Å². The molecular formula is C17H14ClN. The Morgan fingerprint density at radius 1 is 0.895 bits per heavy atom. The van der Waals surface area contributed by atoms with Crippen molar-refractivity contribution in [1.29, 1.82) is 0 Å². The Kier molecular flexibility index (Phi) is 3.22.